The molecule has 0 saturated heterocycles. The minimum atomic E-state index is -1.09. The van der Waals surface area contributed by atoms with E-state index >= 15 is 0 Å². The van der Waals surface area contributed by atoms with Gasteiger partial charge >= 0.3 is 5.97 Å². The highest BCUT2D eigenvalue weighted by Crippen LogP contribution is 2.13. The minimum absolute atomic E-state index is 0.177. The molecule has 18 heavy (non-hydrogen) atoms. The first-order valence-corrected chi connectivity index (χ1v) is 6.33. The third-order valence-corrected chi connectivity index (χ3v) is 3.02. The average molecular weight is 269 g/mol. The summed E-state index contributed by atoms with van der Waals surface area (Å²) in [6, 6.07) is -0.966. The fourth-order valence-electron chi connectivity index (χ4n) is 1.39. The molecule has 0 aromatic carbocycles. The molecule has 0 aliphatic rings. The second-order valence-electron chi connectivity index (χ2n) is 3.69. The van der Waals surface area contributed by atoms with Crippen LogP contribution in [0.2, 0.25) is 0 Å². The Morgan fingerprint density at radius 1 is 1.61 bits per heavy atom. The van der Waals surface area contributed by atoms with Crippen LogP contribution in [0.15, 0.2) is 12.7 Å². The Hall–Kier alpha value is -1.76. The number of nitrogens with one attached hydrogen (secondary N) is 1. The van der Waals surface area contributed by atoms with Crippen LogP contribution in [0.25, 0.3) is 0 Å². The lowest BCUT2D eigenvalue weighted by Gasteiger charge is -2.11. The van der Waals surface area contributed by atoms with Gasteiger partial charge in [-0.2, -0.15) is 0 Å². The summed E-state index contributed by atoms with van der Waals surface area (Å²) in [6.45, 7) is 5.43. The van der Waals surface area contributed by atoms with Gasteiger partial charge in [0, 0.05) is 0 Å². The van der Waals surface area contributed by atoms with Gasteiger partial charge in [0.25, 0.3) is 5.91 Å². The molecule has 2 N–H and O–H groups in total. The first-order chi connectivity index (χ1) is 8.60. The zero-order valence-corrected chi connectivity index (χ0v) is 10.9. The van der Waals surface area contributed by atoms with Crippen LogP contribution in [0, 0.1) is 0 Å². The Kier molecular flexibility index (Phi) is 5.44. The number of carboxylic acid groups (broad SMARTS) is 1. The zero-order chi connectivity index (χ0) is 13.5. The molecule has 7 heteroatoms. The number of aliphatic carboxylic acids is 1. The van der Waals surface area contributed by atoms with Crippen LogP contribution >= 0.6 is 11.5 Å². The van der Waals surface area contributed by atoms with Crippen molar-refractivity contribution in [3.8, 4) is 0 Å². The van der Waals surface area contributed by atoms with E-state index in [1.165, 1.54) is 6.08 Å². The first-order valence-electron chi connectivity index (χ1n) is 5.55. The Morgan fingerprint density at radius 2 is 2.33 bits per heavy atom. The molecule has 1 aromatic heterocycles. The van der Waals surface area contributed by atoms with E-state index in [9.17, 15) is 9.59 Å². The normalized spacial score (nSPS) is 11.8. The molecule has 1 amide bonds. The van der Waals surface area contributed by atoms with Crippen molar-refractivity contribution in [3.63, 3.8) is 0 Å². The van der Waals surface area contributed by atoms with Crippen LogP contribution in [0.3, 0.4) is 0 Å². The van der Waals surface area contributed by atoms with Crippen molar-refractivity contribution in [2.45, 2.75) is 32.2 Å². The van der Waals surface area contributed by atoms with Crippen LogP contribution in [0.4, 0.5) is 0 Å². The standard InChI is InChI=1S/C11H15N3O3S/c1-3-5-7-9(18-14-13-7)10(15)12-8(6-4-2)11(16)17/h4,8H,2-3,5-6H2,1H3,(H,12,15)(H,16,17). The second kappa shape index (κ2) is 6.85. The van der Waals surface area contributed by atoms with E-state index in [1.807, 2.05) is 6.92 Å². The molecule has 1 atom stereocenters. The van der Waals surface area contributed by atoms with Crippen molar-refractivity contribution in [1.29, 1.82) is 0 Å². The number of aromatic nitrogens is 2. The molecule has 0 fully saturated rings. The van der Waals surface area contributed by atoms with E-state index < -0.39 is 17.9 Å². The molecule has 0 bridgehead atoms. The van der Waals surface area contributed by atoms with Gasteiger partial charge in [-0.25, -0.2) is 4.79 Å². The molecule has 0 saturated carbocycles. The van der Waals surface area contributed by atoms with Gasteiger partial charge in [-0.15, -0.1) is 11.7 Å². The number of carbonyl (C=O) groups excluding carboxylic acids is 1. The maximum atomic E-state index is 11.9. The van der Waals surface area contributed by atoms with Crippen molar-refractivity contribution in [1.82, 2.24) is 14.9 Å². The molecule has 1 heterocycles. The summed E-state index contributed by atoms with van der Waals surface area (Å²) in [6.07, 6.45) is 3.13. The molecule has 0 aliphatic heterocycles. The smallest absolute Gasteiger partial charge is 0.326 e. The Labute approximate surface area is 109 Å². The van der Waals surface area contributed by atoms with Gasteiger partial charge in [0.15, 0.2) is 0 Å². The number of hydrogen-bond donors (Lipinski definition) is 2. The van der Waals surface area contributed by atoms with Crippen LogP contribution in [-0.4, -0.2) is 32.6 Å². The first kappa shape index (κ1) is 14.3. The largest absolute Gasteiger partial charge is 0.480 e. The van der Waals surface area contributed by atoms with Gasteiger partial charge in [-0.05, 0) is 24.4 Å². The van der Waals surface area contributed by atoms with E-state index in [1.54, 1.807) is 0 Å². The molecule has 1 unspecified atom stereocenters. The number of carbonyl (C=O) groups is 2. The molecular formula is C11H15N3O3S. The quantitative estimate of drug-likeness (QED) is 0.727. The lowest BCUT2D eigenvalue weighted by molar-refractivity contribution is -0.139. The van der Waals surface area contributed by atoms with E-state index in [0.717, 1.165) is 18.0 Å². The fourth-order valence-corrected chi connectivity index (χ4v) is 2.00. The number of nitrogens with zero attached hydrogens (tertiary/aromatic N) is 2. The summed E-state index contributed by atoms with van der Waals surface area (Å²) in [4.78, 5) is 23.2. The number of hydrogen-bond acceptors (Lipinski definition) is 5. The molecule has 1 aromatic rings. The highest BCUT2D eigenvalue weighted by Gasteiger charge is 2.22. The number of aryl methyl sites for hydroxylation is 1. The zero-order valence-electron chi connectivity index (χ0n) is 10.0. The Balaban J connectivity index is 2.76. The van der Waals surface area contributed by atoms with Crippen LogP contribution in [0.5, 0.6) is 0 Å². The lowest BCUT2D eigenvalue weighted by Crippen LogP contribution is -2.40. The summed E-state index contributed by atoms with van der Waals surface area (Å²) < 4.78 is 3.72. The van der Waals surface area contributed by atoms with Crippen molar-refractivity contribution >= 4 is 23.4 Å². The van der Waals surface area contributed by atoms with Gasteiger partial charge in [0.2, 0.25) is 0 Å². The van der Waals surface area contributed by atoms with Crippen LogP contribution in [0.1, 0.15) is 35.1 Å². The SMILES string of the molecule is C=CCC(NC(=O)c1snnc1CCC)C(=O)O. The van der Waals surface area contributed by atoms with Crippen molar-refractivity contribution in [2.75, 3.05) is 0 Å². The Bertz CT molecular complexity index is 444. The van der Waals surface area contributed by atoms with E-state index in [-0.39, 0.29) is 6.42 Å². The molecule has 0 radical (unpaired) electrons. The molecule has 98 valence electrons. The maximum Gasteiger partial charge on any atom is 0.326 e. The molecule has 1 rings (SSSR count). The van der Waals surface area contributed by atoms with Gasteiger partial charge in [0.05, 0.1) is 5.69 Å². The van der Waals surface area contributed by atoms with E-state index in [2.05, 4.69) is 21.5 Å². The summed E-state index contributed by atoms with van der Waals surface area (Å²) in [5.74, 6) is -1.53. The molecule has 0 aliphatic carbocycles. The average Bonchev–Trinajstić information content (AvgIpc) is 2.77. The van der Waals surface area contributed by atoms with Gasteiger partial charge in [-0.1, -0.05) is 23.9 Å². The van der Waals surface area contributed by atoms with Gasteiger partial charge in [-0.3, -0.25) is 4.79 Å². The number of carboxylic acids is 1. The van der Waals surface area contributed by atoms with E-state index in [0.29, 0.717) is 17.0 Å². The maximum absolute atomic E-state index is 11.9. The summed E-state index contributed by atoms with van der Waals surface area (Å²) >= 11 is 0.977. The van der Waals surface area contributed by atoms with Crippen molar-refractivity contribution < 1.29 is 14.7 Å². The second-order valence-corrected chi connectivity index (χ2v) is 4.44. The molecular weight excluding hydrogens is 254 g/mol. The Morgan fingerprint density at radius 3 is 2.89 bits per heavy atom. The lowest BCUT2D eigenvalue weighted by atomic mass is 10.2. The third-order valence-electron chi connectivity index (χ3n) is 2.25. The van der Waals surface area contributed by atoms with Crippen molar-refractivity contribution in [3.05, 3.63) is 23.2 Å². The van der Waals surface area contributed by atoms with Crippen LogP contribution < -0.4 is 5.32 Å². The van der Waals surface area contributed by atoms with Gasteiger partial charge < -0.3 is 10.4 Å². The molecule has 0 spiro atoms. The van der Waals surface area contributed by atoms with Crippen LogP contribution in [-0.2, 0) is 11.2 Å². The minimum Gasteiger partial charge on any atom is -0.480 e. The topological polar surface area (TPSA) is 92.2 Å². The third kappa shape index (κ3) is 3.63. The summed E-state index contributed by atoms with van der Waals surface area (Å²) in [5.41, 5.74) is 0.614. The highest BCUT2D eigenvalue weighted by molar-refractivity contribution is 7.08. The number of amides is 1. The predicted molar refractivity (Wildman–Crippen MR) is 67.6 cm³/mol. The van der Waals surface area contributed by atoms with Crippen molar-refractivity contribution in [2.24, 2.45) is 0 Å². The monoisotopic (exact) mass is 269 g/mol. The highest BCUT2D eigenvalue weighted by atomic mass is 32.1. The molecule has 6 nitrogen and oxygen atoms in total. The van der Waals surface area contributed by atoms with Gasteiger partial charge in [0.1, 0.15) is 10.9 Å². The number of rotatable bonds is 7. The summed E-state index contributed by atoms with van der Waals surface area (Å²) in [5, 5.41) is 15.2. The van der Waals surface area contributed by atoms with E-state index in [4.69, 9.17) is 5.11 Å². The fraction of sp³-hybridized carbons (Fsp3) is 0.455. The summed E-state index contributed by atoms with van der Waals surface area (Å²) in [7, 11) is 0. The predicted octanol–water partition coefficient (Wildman–Crippen LogP) is 1.25.